The fraction of sp³-hybridized carbons (Fsp3) is 0.231. The fourth-order valence-corrected chi connectivity index (χ4v) is 4.32. The van der Waals surface area contributed by atoms with Crippen LogP contribution in [0, 0.1) is 26.6 Å². The molecule has 0 radical (unpaired) electrons. The van der Waals surface area contributed by atoms with Crippen LogP contribution in [0.2, 0.25) is 0 Å². The number of sulfonamides is 1. The lowest BCUT2D eigenvalue weighted by Gasteiger charge is -2.08. The van der Waals surface area contributed by atoms with Gasteiger partial charge in [-0.15, -0.1) is 0 Å². The van der Waals surface area contributed by atoms with Gasteiger partial charge in [-0.1, -0.05) is 11.3 Å². The van der Waals surface area contributed by atoms with E-state index in [0.717, 1.165) is 5.01 Å². The number of imidazole rings is 1. The largest absolute Gasteiger partial charge is 0.281 e. The van der Waals surface area contributed by atoms with Gasteiger partial charge in [-0.05, 0) is 44.5 Å². The van der Waals surface area contributed by atoms with E-state index in [4.69, 9.17) is 0 Å². The van der Waals surface area contributed by atoms with Gasteiger partial charge in [0.05, 0.1) is 5.69 Å². The summed E-state index contributed by atoms with van der Waals surface area (Å²) in [5.41, 5.74) is 1.02. The zero-order valence-electron chi connectivity index (χ0n) is 12.1. The maximum atomic E-state index is 13.3. The molecule has 0 unspecified atom stereocenters. The van der Waals surface area contributed by atoms with Crippen molar-refractivity contribution in [3.05, 3.63) is 40.3 Å². The predicted molar refractivity (Wildman–Crippen MR) is 82.3 cm³/mol. The van der Waals surface area contributed by atoms with E-state index in [1.165, 1.54) is 34.1 Å². The zero-order valence-corrected chi connectivity index (χ0v) is 13.7. The molecule has 2 heterocycles. The molecule has 0 aliphatic rings. The van der Waals surface area contributed by atoms with Crippen molar-refractivity contribution in [2.24, 2.45) is 0 Å². The molecule has 116 valence electrons. The summed E-state index contributed by atoms with van der Waals surface area (Å²) >= 11 is 1.31. The van der Waals surface area contributed by atoms with E-state index in [1.807, 2.05) is 0 Å². The Kier molecular flexibility index (Phi) is 3.41. The molecule has 9 heteroatoms. The summed E-state index contributed by atoms with van der Waals surface area (Å²) in [6.45, 7) is 4.96. The van der Waals surface area contributed by atoms with Gasteiger partial charge in [0.25, 0.3) is 10.0 Å². The Morgan fingerprint density at radius 2 is 2.00 bits per heavy atom. The van der Waals surface area contributed by atoms with Crippen molar-refractivity contribution in [3.63, 3.8) is 0 Å². The zero-order chi connectivity index (χ0) is 16.1. The second kappa shape index (κ2) is 5.03. The third-order valence-corrected chi connectivity index (χ3v) is 5.40. The van der Waals surface area contributed by atoms with E-state index in [9.17, 15) is 12.8 Å². The van der Waals surface area contributed by atoms with Crippen LogP contribution in [0.1, 0.15) is 16.3 Å². The predicted octanol–water partition coefficient (Wildman–Crippen LogP) is 2.66. The van der Waals surface area contributed by atoms with Gasteiger partial charge < -0.3 is 0 Å². The van der Waals surface area contributed by atoms with Crippen molar-refractivity contribution < 1.29 is 12.8 Å². The number of hydrogen-bond acceptors (Lipinski definition) is 5. The highest BCUT2D eigenvalue weighted by Gasteiger charge is 2.25. The molecule has 0 aliphatic heterocycles. The molecule has 22 heavy (non-hydrogen) atoms. The van der Waals surface area contributed by atoms with E-state index >= 15 is 0 Å². The minimum Gasteiger partial charge on any atom is -0.278 e. The van der Waals surface area contributed by atoms with Crippen LogP contribution < -0.4 is 4.72 Å². The summed E-state index contributed by atoms with van der Waals surface area (Å²) in [7, 11) is -3.87. The molecule has 0 spiro atoms. The molecular formula is C13H13FN4O2S2. The monoisotopic (exact) mass is 340 g/mol. The molecule has 1 aromatic carbocycles. The molecule has 3 rings (SSSR count). The van der Waals surface area contributed by atoms with E-state index in [-0.39, 0.29) is 10.8 Å². The second-order valence-corrected chi connectivity index (χ2v) is 7.65. The van der Waals surface area contributed by atoms with Crippen LogP contribution in [0.15, 0.2) is 23.2 Å². The van der Waals surface area contributed by atoms with E-state index in [1.54, 1.807) is 20.8 Å². The fourth-order valence-electron chi connectivity index (χ4n) is 2.15. The summed E-state index contributed by atoms with van der Waals surface area (Å²) < 4.78 is 42.2. The number of benzene rings is 1. The Balaban J connectivity index is 2.07. The molecule has 0 saturated heterocycles. The average Bonchev–Trinajstić information content (AvgIpc) is 2.87. The first kappa shape index (κ1) is 14.9. The van der Waals surface area contributed by atoms with Crippen LogP contribution in [0.4, 0.5) is 10.1 Å². The second-order valence-electron chi connectivity index (χ2n) is 4.89. The van der Waals surface area contributed by atoms with Crippen LogP contribution in [0.3, 0.4) is 0 Å². The summed E-state index contributed by atoms with van der Waals surface area (Å²) in [5.74, 6) is -0.388. The van der Waals surface area contributed by atoms with Crippen molar-refractivity contribution >= 4 is 32.0 Å². The van der Waals surface area contributed by atoms with Gasteiger partial charge in [-0.25, -0.2) is 9.37 Å². The molecule has 1 N–H and O–H groups in total. The first-order chi connectivity index (χ1) is 10.3. The van der Waals surface area contributed by atoms with Crippen LogP contribution >= 0.6 is 11.3 Å². The summed E-state index contributed by atoms with van der Waals surface area (Å²) in [6, 6.07) is 4.03. The van der Waals surface area contributed by atoms with Gasteiger partial charge in [-0.2, -0.15) is 18.0 Å². The number of anilines is 1. The van der Waals surface area contributed by atoms with Crippen LogP contribution in [-0.2, 0) is 10.0 Å². The lowest BCUT2D eigenvalue weighted by molar-refractivity contribution is 0.592. The molecule has 0 amide bonds. The minimum atomic E-state index is -3.87. The van der Waals surface area contributed by atoms with Crippen molar-refractivity contribution in [3.8, 4) is 0 Å². The van der Waals surface area contributed by atoms with Crippen molar-refractivity contribution in [1.82, 2.24) is 14.6 Å². The van der Waals surface area contributed by atoms with Crippen LogP contribution in [0.25, 0.3) is 4.96 Å². The topological polar surface area (TPSA) is 76.4 Å². The first-order valence-corrected chi connectivity index (χ1v) is 8.69. The molecule has 0 aliphatic carbocycles. The van der Waals surface area contributed by atoms with Crippen molar-refractivity contribution in [2.75, 3.05) is 4.72 Å². The minimum absolute atomic E-state index is 0.00571. The van der Waals surface area contributed by atoms with Gasteiger partial charge in [0.2, 0.25) is 9.99 Å². The van der Waals surface area contributed by atoms with E-state index in [2.05, 4.69) is 14.8 Å². The summed E-state index contributed by atoms with van der Waals surface area (Å²) in [4.78, 5) is 4.73. The number of nitrogens with zero attached hydrogens (tertiary/aromatic N) is 3. The third-order valence-electron chi connectivity index (χ3n) is 3.09. The smallest absolute Gasteiger partial charge is 0.278 e. The molecule has 6 nitrogen and oxygen atoms in total. The van der Waals surface area contributed by atoms with Gasteiger partial charge in [-0.3, -0.25) is 4.72 Å². The van der Waals surface area contributed by atoms with Crippen molar-refractivity contribution in [2.45, 2.75) is 25.8 Å². The maximum Gasteiger partial charge on any atom is 0.281 e. The Labute approximate surface area is 130 Å². The van der Waals surface area contributed by atoms with Crippen LogP contribution in [-0.4, -0.2) is 23.0 Å². The molecule has 0 saturated carbocycles. The quantitative estimate of drug-likeness (QED) is 0.795. The number of fused-ring (bicyclic) bond motifs is 1. The van der Waals surface area contributed by atoms with E-state index in [0.29, 0.717) is 21.9 Å². The van der Waals surface area contributed by atoms with Gasteiger partial charge >= 0.3 is 0 Å². The highest BCUT2D eigenvalue weighted by Crippen LogP contribution is 2.24. The molecule has 2 aromatic heterocycles. The molecule has 0 fully saturated rings. The maximum absolute atomic E-state index is 13.3. The standard InChI is InChI=1S/C13H13FN4O2S2/c1-7-6-10(4-5-11(7)14)17-22(19,20)12-8(2)15-13-18(12)16-9(3)21-13/h4-6,17H,1-3H3. The Morgan fingerprint density at radius 1 is 1.27 bits per heavy atom. The number of halogens is 1. The van der Waals surface area contributed by atoms with Crippen molar-refractivity contribution in [1.29, 1.82) is 0 Å². The Morgan fingerprint density at radius 3 is 2.68 bits per heavy atom. The summed E-state index contributed by atoms with van der Waals surface area (Å²) in [6.07, 6.45) is 0. The SMILES string of the molecule is Cc1nn2c(S(=O)(=O)Nc3ccc(F)c(C)c3)c(C)nc2s1. The number of rotatable bonds is 3. The lowest BCUT2D eigenvalue weighted by Crippen LogP contribution is -2.16. The van der Waals surface area contributed by atoms with E-state index < -0.39 is 10.0 Å². The number of aromatic nitrogens is 3. The lowest BCUT2D eigenvalue weighted by atomic mass is 10.2. The average molecular weight is 340 g/mol. The first-order valence-electron chi connectivity index (χ1n) is 6.39. The Bertz CT molecular complexity index is 976. The number of aryl methyl sites for hydroxylation is 3. The molecule has 0 atom stereocenters. The highest BCUT2D eigenvalue weighted by molar-refractivity contribution is 7.92. The molecule has 3 aromatic rings. The number of hydrogen-bond donors (Lipinski definition) is 1. The number of nitrogens with one attached hydrogen (secondary N) is 1. The van der Waals surface area contributed by atoms with Gasteiger partial charge in [0, 0.05) is 5.69 Å². The normalized spacial score (nSPS) is 12.0. The van der Waals surface area contributed by atoms with Gasteiger partial charge in [0.1, 0.15) is 10.8 Å². The molecular weight excluding hydrogens is 327 g/mol. The highest BCUT2D eigenvalue weighted by atomic mass is 32.2. The molecule has 0 bridgehead atoms. The third kappa shape index (κ3) is 2.46. The summed E-state index contributed by atoms with van der Waals surface area (Å²) in [5, 5.41) is 4.88. The Hall–Kier alpha value is -2.00. The van der Waals surface area contributed by atoms with Crippen LogP contribution in [0.5, 0.6) is 0 Å². The van der Waals surface area contributed by atoms with Gasteiger partial charge in [0.15, 0.2) is 0 Å².